The van der Waals surface area contributed by atoms with E-state index in [2.05, 4.69) is 4.74 Å². The summed E-state index contributed by atoms with van der Waals surface area (Å²) in [5.41, 5.74) is -0.612. The molecule has 0 radical (unpaired) electrons. The van der Waals surface area contributed by atoms with E-state index in [0.29, 0.717) is 12.8 Å². The van der Waals surface area contributed by atoms with Crippen LogP contribution in [0, 0.1) is 0 Å². The van der Waals surface area contributed by atoms with Crippen LogP contribution in [0.3, 0.4) is 0 Å². The Morgan fingerprint density at radius 1 is 1.75 bits per heavy atom. The Morgan fingerprint density at radius 3 is 3.00 bits per heavy atom. The molecule has 1 aliphatic heterocycles. The zero-order valence-electron chi connectivity index (χ0n) is 7.21. The molecular weight excluding hydrogens is 176 g/mol. The molecule has 0 aromatic heterocycles. The first-order valence-corrected chi connectivity index (χ1v) is 5.19. The first-order chi connectivity index (χ1) is 5.66. The van der Waals surface area contributed by atoms with Crippen LogP contribution in [0.2, 0.25) is 0 Å². The minimum Gasteiger partial charge on any atom is -0.469 e. The third kappa shape index (κ3) is 2.68. The molecule has 0 amide bonds. The van der Waals surface area contributed by atoms with E-state index in [4.69, 9.17) is 0 Å². The topological polar surface area (TPSA) is 46.5 Å². The van der Waals surface area contributed by atoms with E-state index in [9.17, 15) is 9.90 Å². The molecule has 3 nitrogen and oxygen atoms in total. The van der Waals surface area contributed by atoms with Gasteiger partial charge < -0.3 is 9.84 Å². The van der Waals surface area contributed by atoms with Crippen molar-refractivity contribution in [2.24, 2.45) is 0 Å². The predicted molar refractivity (Wildman–Crippen MR) is 48.1 cm³/mol. The van der Waals surface area contributed by atoms with Crippen molar-refractivity contribution in [3.63, 3.8) is 0 Å². The highest BCUT2D eigenvalue weighted by atomic mass is 32.2. The molecule has 70 valence electrons. The predicted octanol–water partition coefficient (Wildman–Crippen LogP) is 0.808. The molecular formula is C8H14O3S. The third-order valence-electron chi connectivity index (χ3n) is 2.10. The van der Waals surface area contributed by atoms with E-state index in [1.54, 1.807) is 11.8 Å². The molecule has 1 aliphatic rings. The number of esters is 1. The fraction of sp³-hybridized carbons (Fsp3) is 0.875. The van der Waals surface area contributed by atoms with E-state index in [1.807, 2.05) is 0 Å². The smallest absolute Gasteiger partial charge is 0.305 e. The second-order valence-corrected chi connectivity index (χ2v) is 4.21. The standard InChI is InChI=1S/C8H14O3S/c1-11-7(9)2-3-8(10)4-5-12-6-8/h10H,2-6H2,1H3. The first kappa shape index (κ1) is 9.86. The molecule has 1 N–H and O–H groups in total. The van der Waals surface area contributed by atoms with Crippen molar-refractivity contribution in [2.75, 3.05) is 18.6 Å². The number of carbonyl (C=O) groups is 1. The Morgan fingerprint density at radius 2 is 2.50 bits per heavy atom. The fourth-order valence-corrected chi connectivity index (χ4v) is 2.57. The molecule has 0 spiro atoms. The molecule has 0 bridgehead atoms. The summed E-state index contributed by atoms with van der Waals surface area (Å²) in [6, 6.07) is 0. The van der Waals surface area contributed by atoms with Crippen LogP contribution in [0.25, 0.3) is 0 Å². The zero-order valence-corrected chi connectivity index (χ0v) is 8.02. The maximum atomic E-state index is 10.8. The van der Waals surface area contributed by atoms with Gasteiger partial charge in [-0.1, -0.05) is 0 Å². The van der Waals surface area contributed by atoms with Crippen LogP contribution >= 0.6 is 11.8 Å². The lowest BCUT2D eigenvalue weighted by Crippen LogP contribution is -2.28. The van der Waals surface area contributed by atoms with Crippen LogP contribution in [0.1, 0.15) is 19.3 Å². The summed E-state index contributed by atoms with van der Waals surface area (Å²) in [5, 5.41) is 9.81. The molecule has 1 heterocycles. The normalized spacial score (nSPS) is 28.8. The summed E-state index contributed by atoms with van der Waals surface area (Å²) in [4.78, 5) is 10.8. The van der Waals surface area contributed by atoms with Crippen molar-refractivity contribution in [1.29, 1.82) is 0 Å². The van der Waals surface area contributed by atoms with Gasteiger partial charge in [-0.2, -0.15) is 11.8 Å². The highest BCUT2D eigenvalue weighted by Crippen LogP contribution is 2.31. The maximum Gasteiger partial charge on any atom is 0.305 e. The number of hydrogen-bond donors (Lipinski definition) is 1. The third-order valence-corrected chi connectivity index (χ3v) is 3.34. The fourth-order valence-electron chi connectivity index (χ4n) is 1.23. The summed E-state index contributed by atoms with van der Waals surface area (Å²) in [6.07, 6.45) is 1.66. The van der Waals surface area contributed by atoms with Crippen LogP contribution in [0.15, 0.2) is 0 Å². The van der Waals surface area contributed by atoms with Crippen LogP contribution in [-0.2, 0) is 9.53 Å². The summed E-state index contributed by atoms with van der Waals surface area (Å²) in [6.45, 7) is 0. The van der Waals surface area contributed by atoms with Gasteiger partial charge in [0.1, 0.15) is 0 Å². The number of carbonyl (C=O) groups excluding carboxylic acids is 1. The van der Waals surface area contributed by atoms with Gasteiger partial charge in [0, 0.05) is 12.2 Å². The number of rotatable bonds is 3. The SMILES string of the molecule is COC(=O)CCC1(O)CCSC1. The highest BCUT2D eigenvalue weighted by Gasteiger charge is 2.31. The highest BCUT2D eigenvalue weighted by molar-refractivity contribution is 7.99. The van der Waals surface area contributed by atoms with Crippen LogP contribution in [-0.4, -0.2) is 35.3 Å². The zero-order chi connectivity index (χ0) is 9.03. The van der Waals surface area contributed by atoms with Crippen molar-refractivity contribution < 1.29 is 14.6 Å². The lowest BCUT2D eigenvalue weighted by molar-refractivity contribution is -0.141. The van der Waals surface area contributed by atoms with Crippen LogP contribution in [0.5, 0.6) is 0 Å². The van der Waals surface area contributed by atoms with Gasteiger partial charge in [-0.25, -0.2) is 0 Å². The van der Waals surface area contributed by atoms with E-state index >= 15 is 0 Å². The molecule has 1 saturated heterocycles. The lowest BCUT2D eigenvalue weighted by Gasteiger charge is -2.19. The van der Waals surface area contributed by atoms with Crippen LogP contribution < -0.4 is 0 Å². The van der Waals surface area contributed by atoms with Crippen LogP contribution in [0.4, 0.5) is 0 Å². The molecule has 0 aromatic carbocycles. The molecule has 1 unspecified atom stereocenters. The molecule has 0 saturated carbocycles. The second-order valence-electron chi connectivity index (χ2n) is 3.10. The number of ether oxygens (including phenoxy) is 1. The first-order valence-electron chi connectivity index (χ1n) is 4.03. The summed E-state index contributed by atoms with van der Waals surface area (Å²) in [5.74, 6) is 1.52. The van der Waals surface area contributed by atoms with E-state index in [1.165, 1.54) is 7.11 Å². The summed E-state index contributed by atoms with van der Waals surface area (Å²) in [7, 11) is 1.37. The monoisotopic (exact) mass is 190 g/mol. The molecule has 12 heavy (non-hydrogen) atoms. The van der Waals surface area contributed by atoms with Gasteiger partial charge in [0.15, 0.2) is 0 Å². The molecule has 0 aliphatic carbocycles. The largest absolute Gasteiger partial charge is 0.469 e. The minimum absolute atomic E-state index is 0.236. The van der Waals surface area contributed by atoms with E-state index in [0.717, 1.165) is 17.9 Å². The van der Waals surface area contributed by atoms with Crippen molar-refractivity contribution in [3.8, 4) is 0 Å². The second kappa shape index (κ2) is 4.14. The van der Waals surface area contributed by atoms with E-state index in [-0.39, 0.29) is 5.97 Å². The molecule has 1 atom stereocenters. The van der Waals surface area contributed by atoms with Gasteiger partial charge in [-0.05, 0) is 18.6 Å². The number of hydrogen-bond acceptors (Lipinski definition) is 4. The molecule has 1 rings (SSSR count). The number of methoxy groups -OCH3 is 1. The Bertz CT molecular complexity index is 164. The summed E-state index contributed by atoms with van der Waals surface area (Å²) < 4.78 is 4.50. The Balaban J connectivity index is 2.25. The molecule has 1 fully saturated rings. The minimum atomic E-state index is -0.612. The lowest BCUT2D eigenvalue weighted by atomic mass is 9.97. The Hall–Kier alpha value is -0.220. The van der Waals surface area contributed by atoms with Crippen molar-refractivity contribution >= 4 is 17.7 Å². The molecule has 4 heteroatoms. The van der Waals surface area contributed by atoms with Gasteiger partial charge in [0.2, 0.25) is 0 Å². The Kier molecular flexibility index (Phi) is 3.40. The van der Waals surface area contributed by atoms with Crippen molar-refractivity contribution in [2.45, 2.75) is 24.9 Å². The van der Waals surface area contributed by atoms with Gasteiger partial charge in [-0.15, -0.1) is 0 Å². The van der Waals surface area contributed by atoms with E-state index < -0.39 is 5.60 Å². The Labute approximate surface area is 76.5 Å². The van der Waals surface area contributed by atoms with Gasteiger partial charge >= 0.3 is 5.97 Å². The number of aliphatic hydroxyl groups is 1. The maximum absolute atomic E-state index is 10.8. The van der Waals surface area contributed by atoms with Gasteiger partial charge in [-0.3, -0.25) is 4.79 Å². The van der Waals surface area contributed by atoms with Crippen molar-refractivity contribution in [3.05, 3.63) is 0 Å². The summed E-state index contributed by atoms with van der Waals surface area (Å²) >= 11 is 1.74. The quantitative estimate of drug-likeness (QED) is 0.669. The average molecular weight is 190 g/mol. The van der Waals surface area contributed by atoms with Gasteiger partial charge in [0.05, 0.1) is 12.7 Å². The van der Waals surface area contributed by atoms with Gasteiger partial charge in [0.25, 0.3) is 0 Å². The van der Waals surface area contributed by atoms with Crippen molar-refractivity contribution in [1.82, 2.24) is 0 Å². The molecule has 0 aromatic rings. The number of thioether (sulfide) groups is 1. The average Bonchev–Trinajstić information content (AvgIpc) is 2.49.